The molecule has 2 amide bonds. The van der Waals surface area contributed by atoms with Crippen molar-refractivity contribution in [2.24, 2.45) is 5.92 Å². The predicted molar refractivity (Wildman–Crippen MR) is 79.6 cm³/mol. The molecule has 0 spiro atoms. The maximum Gasteiger partial charge on any atom is 0.326 e. The monoisotopic (exact) mass is 290 g/mol. The van der Waals surface area contributed by atoms with E-state index < -0.39 is 18.0 Å². The van der Waals surface area contributed by atoms with Gasteiger partial charge in [0.25, 0.3) is 0 Å². The Morgan fingerprint density at radius 2 is 1.95 bits per heavy atom. The van der Waals surface area contributed by atoms with E-state index in [1.54, 1.807) is 0 Å². The number of unbranched alkanes of at least 4 members (excludes halogenated alkanes) is 2. The molecule has 6 heteroatoms. The van der Waals surface area contributed by atoms with Gasteiger partial charge in [0.15, 0.2) is 0 Å². The number of carboxylic acids is 1. The number of hydrogen-bond acceptors (Lipinski definition) is 3. The third-order valence-electron chi connectivity index (χ3n) is 3.08. The zero-order valence-corrected chi connectivity index (χ0v) is 12.9. The summed E-state index contributed by atoms with van der Waals surface area (Å²) in [6, 6.07) is -1.21. The molecule has 3 N–H and O–H groups in total. The number of aliphatic carboxylic acids is 1. The van der Waals surface area contributed by atoms with E-state index >= 15 is 0 Å². The van der Waals surface area contributed by atoms with E-state index in [0.29, 0.717) is 13.0 Å². The lowest BCUT2D eigenvalue weighted by Crippen LogP contribution is -2.49. The van der Waals surface area contributed by atoms with Crippen LogP contribution < -0.4 is 10.6 Å². The van der Waals surface area contributed by atoms with Gasteiger partial charge in [-0.05, 0) is 30.8 Å². The molecule has 0 aliphatic heterocycles. The number of rotatable bonds is 10. The number of carbonyl (C=O) groups excluding carboxylic acids is 1. The number of amides is 2. The molecule has 0 saturated heterocycles. The van der Waals surface area contributed by atoms with Crippen LogP contribution in [0.15, 0.2) is 0 Å². The average molecular weight is 290 g/mol. The highest BCUT2D eigenvalue weighted by Crippen LogP contribution is 2.07. The van der Waals surface area contributed by atoms with Gasteiger partial charge in [-0.25, -0.2) is 9.59 Å². The Balaban J connectivity index is 3.85. The van der Waals surface area contributed by atoms with E-state index in [2.05, 4.69) is 16.9 Å². The summed E-state index contributed by atoms with van der Waals surface area (Å²) < 4.78 is 0. The first-order valence-corrected chi connectivity index (χ1v) is 8.18. The van der Waals surface area contributed by atoms with Crippen molar-refractivity contribution in [3.8, 4) is 0 Å². The van der Waals surface area contributed by atoms with Gasteiger partial charge in [-0.2, -0.15) is 11.8 Å². The lowest BCUT2D eigenvalue weighted by molar-refractivity contribution is -0.140. The van der Waals surface area contributed by atoms with Crippen LogP contribution in [-0.4, -0.2) is 41.7 Å². The second kappa shape index (κ2) is 11.0. The molecule has 0 saturated carbocycles. The Labute approximate surface area is 119 Å². The van der Waals surface area contributed by atoms with E-state index in [1.165, 1.54) is 0 Å². The predicted octanol–water partition coefficient (Wildman–Crippen LogP) is 2.32. The summed E-state index contributed by atoms with van der Waals surface area (Å²) >= 11 is 1.82. The zero-order chi connectivity index (χ0) is 14.7. The van der Waals surface area contributed by atoms with E-state index in [0.717, 1.165) is 25.0 Å². The summed E-state index contributed by atoms with van der Waals surface area (Å²) in [7, 11) is 0. The van der Waals surface area contributed by atoms with E-state index in [-0.39, 0.29) is 5.92 Å². The molecule has 0 aliphatic rings. The Morgan fingerprint density at radius 3 is 2.47 bits per heavy atom. The van der Waals surface area contributed by atoms with Crippen molar-refractivity contribution in [1.29, 1.82) is 0 Å². The van der Waals surface area contributed by atoms with Crippen LogP contribution in [0.25, 0.3) is 0 Å². The molecule has 5 nitrogen and oxygen atoms in total. The highest BCUT2D eigenvalue weighted by atomic mass is 32.2. The minimum Gasteiger partial charge on any atom is -0.480 e. The van der Waals surface area contributed by atoms with Crippen LogP contribution in [0.5, 0.6) is 0 Å². The Kier molecular flexibility index (Phi) is 10.4. The first-order valence-electron chi connectivity index (χ1n) is 6.79. The number of nitrogens with one attached hydrogen (secondary N) is 2. The summed E-state index contributed by atoms with van der Waals surface area (Å²) in [5.74, 6) is 0.0793. The molecule has 0 aromatic rings. The van der Waals surface area contributed by atoms with Crippen molar-refractivity contribution >= 4 is 23.8 Å². The molecule has 0 radical (unpaired) electrons. The minimum atomic E-state index is -0.982. The van der Waals surface area contributed by atoms with Gasteiger partial charge in [0.2, 0.25) is 0 Å². The maximum absolute atomic E-state index is 11.6. The average Bonchev–Trinajstić information content (AvgIpc) is 2.38. The van der Waals surface area contributed by atoms with Crippen molar-refractivity contribution in [2.45, 2.75) is 45.6 Å². The molecule has 19 heavy (non-hydrogen) atoms. The standard InChI is InChI=1S/C13H26N2O3S/c1-4-10(2)11(12(16)17)15-13(18)14-8-6-5-7-9-19-3/h10-11H,4-9H2,1-3H3,(H,16,17)(H2,14,15,18)/t10?,11-/m0/s1. The van der Waals surface area contributed by atoms with Crippen molar-refractivity contribution < 1.29 is 14.7 Å². The number of thioether (sulfide) groups is 1. The van der Waals surface area contributed by atoms with Gasteiger partial charge in [-0.1, -0.05) is 26.7 Å². The van der Waals surface area contributed by atoms with Gasteiger partial charge in [-0.3, -0.25) is 0 Å². The van der Waals surface area contributed by atoms with Crippen molar-refractivity contribution in [3.05, 3.63) is 0 Å². The van der Waals surface area contributed by atoms with Gasteiger partial charge in [-0.15, -0.1) is 0 Å². The summed E-state index contributed by atoms with van der Waals surface area (Å²) in [5, 5.41) is 14.3. The molecule has 0 aromatic carbocycles. The molecule has 1 unspecified atom stereocenters. The Morgan fingerprint density at radius 1 is 1.26 bits per heavy atom. The first-order chi connectivity index (χ1) is 9.02. The highest BCUT2D eigenvalue weighted by Gasteiger charge is 2.24. The topological polar surface area (TPSA) is 78.4 Å². The van der Waals surface area contributed by atoms with Crippen molar-refractivity contribution in [1.82, 2.24) is 10.6 Å². The van der Waals surface area contributed by atoms with Gasteiger partial charge in [0.05, 0.1) is 0 Å². The van der Waals surface area contributed by atoms with Gasteiger partial charge in [0, 0.05) is 6.54 Å². The summed E-state index contributed by atoms with van der Waals surface area (Å²) in [5.41, 5.74) is 0. The maximum atomic E-state index is 11.6. The fraction of sp³-hybridized carbons (Fsp3) is 0.846. The lowest BCUT2D eigenvalue weighted by atomic mass is 9.99. The van der Waals surface area contributed by atoms with Crippen LogP contribution in [0.3, 0.4) is 0 Å². The van der Waals surface area contributed by atoms with E-state index in [1.807, 2.05) is 25.6 Å². The molecule has 0 fully saturated rings. The van der Waals surface area contributed by atoms with Crippen LogP contribution in [0.1, 0.15) is 39.5 Å². The molecule has 2 atom stereocenters. The summed E-state index contributed by atoms with van der Waals surface area (Å²) in [6.07, 6.45) is 5.94. The molecule has 112 valence electrons. The van der Waals surface area contributed by atoms with Crippen molar-refractivity contribution in [2.75, 3.05) is 18.6 Å². The molecular formula is C13H26N2O3S. The van der Waals surface area contributed by atoms with Crippen LogP contribution in [0.4, 0.5) is 4.79 Å². The normalized spacial score (nSPS) is 13.6. The minimum absolute atomic E-state index is 0.0789. The van der Waals surface area contributed by atoms with Crippen LogP contribution in [0.2, 0.25) is 0 Å². The van der Waals surface area contributed by atoms with E-state index in [9.17, 15) is 9.59 Å². The van der Waals surface area contributed by atoms with Gasteiger partial charge >= 0.3 is 12.0 Å². The lowest BCUT2D eigenvalue weighted by Gasteiger charge is -2.20. The third-order valence-corrected chi connectivity index (χ3v) is 3.77. The second-order valence-corrected chi connectivity index (χ2v) is 5.64. The number of carbonyl (C=O) groups is 2. The largest absolute Gasteiger partial charge is 0.480 e. The third kappa shape index (κ3) is 8.75. The molecule has 0 heterocycles. The summed E-state index contributed by atoms with van der Waals surface area (Å²) in [6.45, 7) is 4.32. The second-order valence-electron chi connectivity index (χ2n) is 4.66. The molecule has 0 rings (SSSR count). The number of hydrogen-bond donors (Lipinski definition) is 3. The fourth-order valence-corrected chi connectivity index (χ4v) is 2.12. The van der Waals surface area contributed by atoms with E-state index in [4.69, 9.17) is 5.11 Å². The number of urea groups is 1. The molecule has 0 bridgehead atoms. The molecule has 0 aliphatic carbocycles. The smallest absolute Gasteiger partial charge is 0.326 e. The van der Waals surface area contributed by atoms with Gasteiger partial charge in [0.1, 0.15) is 6.04 Å². The SMILES string of the molecule is CCC(C)[C@H](NC(=O)NCCCCCSC)C(=O)O. The highest BCUT2D eigenvalue weighted by molar-refractivity contribution is 7.98. The molecule has 0 aromatic heterocycles. The van der Waals surface area contributed by atoms with Crippen molar-refractivity contribution in [3.63, 3.8) is 0 Å². The summed E-state index contributed by atoms with van der Waals surface area (Å²) in [4.78, 5) is 22.6. The van der Waals surface area contributed by atoms with Crippen LogP contribution >= 0.6 is 11.8 Å². The quantitative estimate of drug-likeness (QED) is 0.540. The van der Waals surface area contributed by atoms with Gasteiger partial charge < -0.3 is 15.7 Å². The zero-order valence-electron chi connectivity index (χ0n) is 12.1. The number of carboxylic acid groups (broad SMARTS) is 1. The molecular weight excluding hydrogens is 264 g/mol. The first kappa shape index (κ1) is 18.1. The van der Waals surface area contributed by atoms with Crippen LogP contribution in [-0.2, 0) is 4.79 Å². The Hall–Kier alpha value is -0.910. The van der Waals surface area contributed by atoms with Crippen LogP contribution in [0, 0.1) is 5.92 Å². The Bertz CT molecular complexity index is 275. The fourth-order valence-electron chi connectivity index (χ4n) is 1.63.